The molecular weight excluding hydrogens is 881 g/mol. The first-order valence-electron chi connectivity index (χ1n) is 20.2. The van der Waals surface area contributed by atoms with Gasteiger partial charge in [0.25, 0.3) is 0 Å². The van der Waals surface area contributed by atoms with Gasteiger partial charge in [0.15, 0.2) is 11.6 Å². The van der Waals surface area contributed by atoms with Crippen molar-refractivity contribution in [2.45, 2.75) is 142 Å². The smallest absolute Gasteiger partial charge is 0.319 e. The van der Waals surface area contributed by atoms with Crippen molar-refractivity contribution < 1.29 is 52.6 Å². The second-order valence-electron chi connectivity index (χ2n) is 13.2. The Morgan fingerprint density at radius 3 is 1.73 bits per heavy atom. The van der Waals surface area contributed by atoms with Crippen LogP contribution in [0.3, 0.4) is 0 Å². The summed E-state index contributed by atoms with van der Waals surface area (Å²) in [6, 6.07) is 0. The van der Waals surface area contributed by atoms with Crippen molar-refractivity contribution in [3.8, 4) is 0 Å². The molecule has 7 N–H and O–H groups in total. The highest BCUT2D eigenvalue weighted by Gasteiger charge is 2.31. The number of ketones is 2. The van der Waals surface area contributed by atoms with Crippen LogP contribution in [-0.4, -0.2) is 121 Å². The van der Waals surface area contributed by atoms with E-state index in [0.717, 1.165) is 31.4 Å². The third kappa shape index (κ3) is 54.6. The molecule has 0 heterocycles. The van der Waals surface area contributed by atoms with Crippen LogP contribution in [0.5, 0.6) is 0 Å². The van der Waals surface area contributed by atoms with E-state index in [1.165, 1.54) is 49.4 Å². The van der Waals surface area contributed by atoms with Gasteiger partial charge in [-0.15, -0.1) is 11.8 Å². The minimum Gasteiger partial charge on any atom is -0.463 e. The molecule has 0 aromatic rings. The van der Waals surface area contributed by atoms with Crippen LogP contribution in [0.1, 0.15) is 119 Å². The number of thioether (sulfide) groups is 2. The highest BCUT2D eigenvalue weighted by Crippen LogP contribution is 2.22. The predicted molar refractivity (Wildman–Crippen MR) is 260 cm³/mol. The van der Waals surface area contributed by atoms with Crippen LogP contribution in [0.4, 0.5) is 0 Å². The van der Waals surface area contributed by atoms with Crippen molar-refractivity contribution in [2.75, 3.05) is 38.4 Å². The van der Waals surface area contributed by atoms with Crippen molar-refractivity contribution in [1.82, 2.24) is 20.7 Å². The lowest BCUT2D eigenvalue weighted by atomic mass is 10.0. The van der Waals surface area contributed by atoms with Gasteiger partial charge in [0.05, 0.1) is 36.3 Å². The van der Waals surface area contributed by atoms with Crippen molar-refractivity contribution in [1.29, 1.82) is 5.41 Å². The summed E-state index contributed by atoms with van der Waals surface area (Å²) in [4.78, 5) is 96.6. The van der Waals surface area contributed by atoms with E-state index in [-0.39, 0.29) is 90.9 Å². The van der Waals surface area contributed by atoms with E-state index in [2.05, 4.69) is 66.5 Å². The third-order valence-corrected chi connectivity index (χ3v) is 9.48. The standard InChI is InChI=1S/C13H25N3O4S2.C10H17NO3S.C7H11NO2.C6H13NOS.C4H10.CH2O/c1-8(2)20-13(19)9(5-6-10(17)16-21)12(22-4)15-11(18)7-14-3;1-7(2)14-10(13)9(15-3)5-4-8(12)6-11;1-2-6(9)4-3-5-7(8)10;1-6(8)7-4-2-3-5-9;1-3-4-2;1-2/h8-9,12,14,21H,5-7H2,1-4H3,(H,15,18)(H,16,17);6-7,9,11H,4-5H2,1-3H3;2H,1,3-5H2,(H2,8,10);9H,2-5H2,1H3,(H,7,8);3-4H2,1-2H3;1H2. The molecule has 0 fully saturated rings. The van der Waals surface area contributed by atoms with Crippen LogP contribution in [0.2, 0.25) is 0 Å². The number of hydrogen-bond acceptors (Lipinski definition) is 17. The third-order valence-electron chi connectivity index (χ3n) is 6.97. The quantitative estimate of drug-likeness (QED) is 0.0137. The van der Waals surface area contributed by atoms with Crippen LogP contribution in [0, 0.1) is 11.3 Å². The number of unbranched alkanes of at least 4 members (excludes halogenated alkanes) is 2. The van der Waals surface area contributed by atoms with Crippen LogP contribution in [0.25, 0.3) is 0 Å². The van der Waals surface area contributed by atoms with Gasteiger partial charge in [-0.05, 0) is 91.2 Å². The average molecular weight is 959 g/mol. The maximum Gasteiger partial charge on any atom is 0.319 e. The molecule has 4 amide bonds. The van der Waals surface area contributed by atoms with E-state index < -0.39 is 17.3 Å². The lowest BCUT2D eigenvalue weighted by Gasteiger charge is -2.26. The van der Waals surface area contributed by atoms with Gasteiger partial charge in [0, 0.05) is 39.2 Å². The maximum atomic E-state index is 12.2. The summed E-state index contributed by atoms with van der Waals surface area (Å²) in [6.07, 6.45) is 12.2. The summed E-state index contributed by atoms with van der Waals surface area (Å²) in [7, 11) is 1.66. The first-order valence-corrected chi connectivity index (χ1v) is 23.8. The Morgan fingerprint density at radius 1 is 0.790 bits per heavy atom. The van der Waals surface area contributed by atoms with E-state index in [0.29, 0.717) is 19.3 Å². The number of rotatable bonds is 27. The molecule has 0 spiro atoms. The number of ether oxygens (including phenoxy) is 2. The van der Waals surface area contributed by atoms with Gasteiger partial charge in [-0.2, -0.15) is 24.4 Å². The topological polar surface area (TPSA) is 270 Å². The zero-order valence-corrected chi connectivity index (χ0v) is 42.1. The van der Waals surface area contributed by atoms with Gasteiger partial charge in [-0.25, -0.2) is 0 Å². The molecule has 0 aliphatic rings. The second kappa shape index (κ2) is 51.9. The number of allylic oxidation sites excluding steroid dienone is 1. The number of hydrogen-bond donors (Lipinski definition) is 8. The van der Waals surface area contributed by atoms with Crippen molar-refractivity contribution in [3.63, 3.8) is 0 Å². The number of amides is 4. The zero-order chi connectivity index (χ0) is 49.5. The van der Waals surface area contributed by atoms with E-state index in [1.807, 2.05) is 6.79 Å². The first kappa shape index (κ1) is 70.3. The Bertz CT molecular complexity index is 1250. The summed E-state index contributed by atoms with van der Waals surface area (Å²) in [5.74, 6) is -1.53. The fourth-order valence-corrected chi connectivity index (χ4v) is 5.54. The summed E-state index contributed by atoms with van der Waals surface area (Å²) in [5, 5.41) is 14.2. The Balaban J connectivity index is -0.000000170. The number of esters is 2. The lowest BCUT2D eigenvalue weighted by molar-refractivity contribution is -0.153. The summed E-state index contributed by atoms with van der Waals surface area (Å²) in [5.41, 5.74) is 4.84. The van der Waals surface area contributed by atoms with Crippen molar-refractivity contribution in [2.24, 2.45) is 11.7 Å². The Morgan fingerprint density at radius 2 is 1.34 bits per heavy atom. The van der Waals surface area contributed by atoms with Crippen LogP contribution < -0.4 is 26.4 Å². The molecule has 3 atom stereocenters. The minimum absolute atomic E-state index is 0.0405. The fraction of sp³-hybridized carbons (Fsp3) is 0.707. The molecule has 0 radical (unpaired) electrons. The number of likely N-dealkylation sites (N-methyl/N-ethyl adjacent to an activating group) is 1. The monoisotopic (exact) mass is 958 g/mol. The number of primary amides is 1. The molecule has 0 bridgehead atoms. The normalized spacial score (nSPS) is 11.0. The number of nitrogens with two attached hydrogens (primary N) is 1. The maximum absolute atomic E-state index is 12.2. The molecule has 21 heteroatoms. The number of carbonyl (C=O) groups is 9. The second-order valence-corrected chi connectivity index (χ2v) is 15.9. The summed E-state index contributed by atoms with van der Waals surface area (Å²) < 4.78 is 12.5. The molecular formula is C41H78N6O11S4. The molecule has 62 heavy (non-hydrogen) atoms. The highest BCUT2D eigenvalue weighted by molar-refractivity contribution is 8.00. The van der Waals surface area contributed by atoms with Crippen molar-refractivity contribution in [3.05, 3.63) is 12.7 Å². The molecule has 0 saturated heterocycles. The Hall–Kier alpha value is -3.40. The van der Waals surface area contributed by atoms with Gasteiger partial charge in [0.2, 0.25) is 23.6 Å². The van der Waals surface area contributed by atoms with Crippen LogP contribution in [0.15, 0.2) is 12.7 Å². The number of nitrogens with one attached hydrogen (secondary N) is 5. The summed E-state index contributed by atoms with van der Waals surface area (Å²) >= 11 is 10.4. The van der Waals surface area contributed by atoms with Gasteiger partial charge < -0.3 is 46.1 Å². The Labute approximate surface area is 390 Å². The fourth-order valence-electron chi connectivity index (χ4n) is 3.77. The van der Waals surface area contributed by atoms with E-state index in [4.69, 9.17) is 25.4 Å². The molecule has 0 saturated carbocycles. The SMILES string of the molecule is C=CC(=O)CCCC(N)=O.C=O.CC(=O)NCCCCS.CCCC.CNCC(=O)NC(SC)C(CCC(=O)NS)C(=O)OC(C)C.CSC(CCC(=O)C=N)C(=O)OC(C)C. The summed E-state index contributed by atoms with van der Waals surface area (Å²) in [6.45, 7) is 19.2. The molecule has 0 aromatic heterocycles. The number of Topliss-reactive ketones (excluding diaryl/α,β-unsaturated/α-hetero) is 1. The van der Waals surface area contributed by atoms with E-state index in [1.54, 1.807) is 47.3 Å². The highest BCUT2D eigenvalue weighted by atomic mass is 32.2. The molecule has 0 rings (SSSR count). The average Bonchev–Trinajstić information content (AvgIpc) is 3.22. The van der Waals surface area contributed by atoms with Gasteiger partial charge in [0.1, 0.15) is 12.0 Å². The van der Waals surface area contributed by atoms with E-state index in [9.17, 15) is 38.4 Å². The minimum atomic E-state index is -0.608. The Kier molecular flexibility index (Phi) is 58.9. The van der Waals surface area contributed by atoms with Crippen LogP contribution >= 0.6 is 49.0 Å². The van der Waals surface area contributed by atoms with Crippen LogP contribution in [-0.2, 0) is 52.6 Å². The zero-order valence-electron chi connectivity index (χ0n) is 38.6. The molecule has 362 valence electrons. The number of thiol groups is 2. The van der Waals surface area contributed by atoms with Gasteiger partial charge in [-0.1, -0.05) is 46.1 Å². The number of carbonyl (C=O) groups excluding carboxylic acids is 9. The van der Waals surface area contributed by atoms with Crippen molar-refractivity contribution >= 4 is 109 Å². The largest absolute Gasteiger partial charge is 0.463 e. The molecule has 0 aromatic carbocycles. The first-order chi connectivity index (χ1) is 29.2. The molecule has 17 nitrogen and oxygen atoms in total. The molecule has 0 aliphatic carbocycles. The molecule has 0 aliphatic heterocycles. The predicted octanol–water partition coefficient (Wildman–Crippen LogP) is 4.84. The van der Waals surface area contributed by atoms with Gasteiger partial charge in [-0.3, -0.25) is 38.4 Å². The molecule has 3 unspecified atom stereocenters. The van der Waals surface area contributed by atoms with E-state index >= 15 is 0 Å². The van der Waals surface area contributed by atoms with Gasteiger partial charge >= 0.3 is 11.9 Å². The lowest BCUT2D eigenvalue weighted by Crippen LogP contribution is -2.45.